The molecule has 0 atom stereocenters. The third-order valence-corrected chi connectivity index (χ3v) is 5.41. The number of ether oxygens (including phenoxy) is 1. The predicted octanol–water partition coefficient (Wildman–Crippen LogP) is 2.39. The molecule has 0 heterocycles. The lowest BCUT2D eigenvalue weighted by Crippen LogP contribution is -2.40. The molecular weight excluding hydrogens is 406 g/mol. The van der Waals surface area contributed by atoms with E-state index in [9.17, 15) is 18.0 Å². The molecule has 2 amide bonds. The normalized spacial score (nSPS) is 11.7. The van der Waals surface area contributed by atoms with Crippen LogP contribution in [0.3, 0.4) is 0 Å². The number of anilines is 1. The Bertz CT molecular complexity index is 996. The van der Waals surface area contributed by atoms with E-state index in [1.165, 1.54) is 31.4 Å². The molecule has 0 saturated heterocycles. The summed E-state index contributed by atoms with van der Waals surface area (Å²) in [4.78, 5) is 25.2. The summed E-state index contributed by atoms with van der Waals surface area (Å²) in [5.41, 5.74) is 0.536. The summed E-state index contributed by atoms with van der Waals surface area (Å²) >= 11 is 0. The lowest BCUT2D eigenvalue weighted by molar-refractivity contribution is 0.0920. The number of para-hydroxylation sites is 1. The molecule has 162 valence electrons. The molecule has 2 aromatic carbocycles. The number of hydrogen-bond donors (Lipinski definition) is 3. The number of carbonyl (C=O) groups is 2. The van der Waals surface area contributed by atoms with E-state index < -0.39 is 21.5 Å². The molecule has 0 aliphatic carbocycles. The van der Waals surface area contributed by atoms with E-state index in [4.69, 9.17) is 4.74 Å². The number of sulfonamides is 1. The highest BCUT2D eigenvalue weighted by Gasteiger charge is 2.19. The average molecular weight is 434 g/mol. The van der Waals surface area contributed by atoms with E-state index in [2.05, 4.69) is 15.4 Å². The molecule has 0 radical (unpaired) electrons. The van der Waals surface area contributed by atoms with Gasteiger partial charge >= 0.3 is 0 Å². The Kier molecular flexibility index (Phi) is 7.71. The van der Waals surface area contributed by atoms with E-state index >= 15 is 0 Å². The van der Waals surface area contributed by atoms with E-state index in [0.717, 1.165) is 0 Å². The Morgan fingerprint density at radius 1 is 0.967 bits per heavy atom. The second-order valence-corrected chi connectivity index (χ2v) is 9.39. The molecule has 0 saturated carbocycles. The van der Waals surface area contributed by atoms with Gasteiger partial charge in [-0.2, -0.15) is 0 Å². The summed E-state index contributed by atoms with van der Waals surface area (Å²) in [7, 11) is -2.21. The average Bonchev–Trinajstić information content (AvgIpc) is 2.67. The highest BCUT2D eigenvalue weighted by atomic mass is 32.2. The van der Waals surface area contributed by atoms with Crippen LogP contribution in [-0.4, -0.2) is 46.0 Å². The monoisotopic (exact) mass is 433 g/mol. The number of rotatable bonds is 8. The second kappa shape index (κ2) is 9.84. The van der Waals surface area contributed by atoms with Crippen LogP contribution in [-0.2, 0) is 14.8 Å². The molecule has 0 unspecified atom stereocenters. The maximum atomic E-state index is 12.6. The Morgan fingerprint density at radius 3 is 2.20 bits per heavy atom. The zero-order valence-electron chi connectivity index (χ0n) is 17.5. The van der Waals surface area contributed by atoms with E-state index in [-0.39, 0.29) is 29.5 Å². The molecule has 0 spiro atoms. The molecule has 0 aromatic heterocycles. The molecule has 0 aliphatic heterocycles. The molecule has 3 N–H and O–H groups in total. The molecule has 9 heteroatoms. The zero-order valence-corrected chi connectivity index (χ0v) is 18.3. The second-order valence-electron chi connectivity index (χ2n) is 7.62. The Morgan fingerprint density at radius 2 is 1.60 bits per heavy atom. The van der Waals surface area contributed by atoms with Gasteiger partial charge in [0.2, 0.25) is 10.0 Å². The fourth-order valence-electron chi connectivity index (χ4n) is 2.54. The van der Waals surface area contributed by atoms with Gasteiger partial charge in [-0.25, -0.2) is 13.1 Å². The molecule has 2 aromatic rings. The van der Waals surface area contributed by atoms with Crippen molar-refractivity contribution in [1.29, 1.82) is 0 Å². The molecule has 8 nitrogen and oxygen atoms in total. The fraction of sp³-hybridized carbons (Fsp3) is 0.333. The first-order valence-electron chi connectivity index (χ1n) is 9.35. The fourth-order valence-corrected chi connectivity index (χ4v) is 3.55. The summed E-state index contributed by atoms with van der Waals surface area (Å²) in [5, 5.41) is 5.57. The van der Waals surface area contributed by atoms with Gasteiger partial charge in [0.25, 0.3) is 11.8 Å². The van der Waals surface area contributed by atoms with Gasteiger partial charge in [0, 0.05) is 24.8 Å². The Labute approximate surface area is 177 Å². The van der Waals surface area contributed by atoms with Crippen molar-refractivity contribution in [2.45, 2.75) is 31.2 Å². The van der Waals surface area contributed by atoms with Gasteiger partial charge in [0.05, 0.1) is 22.8 Å². The third-order valence-electron chi connectivity index (χ3n) is 3.93. The number of nitrogens with one attached hydrogen (secondary N) is 3. The van der Waals surface area contributed by atoms with Crippen molar-refractivity contribution >= 4 is 27.5 Å². The van der Waals surface area contributed by atoms with Crippen LogP contribution in [0.1, 0.15) is 41.5 Å². The van der Waals surface area contributed by atoms with Crippen molar-refractivity contribution < 1.29 is 22.7 Å². The summed E-state index contributed by atoms with van der Waals surface area (Å²) in [6.07, 6.45) is 0. The van der Waals surface area contributed by atoms with E-state index in [0.29, 0.717) is 11.3 Å². The van der Waals surface area contributed by atoms with Crippen molar-refractivity contribution in [3.63, 3.8) is 0 Å². The van der Waals surface area contributed by atoms with Gasteiger partial charge in [-0.05, 0) is 57.2 Å². The van der Waals surface area contributed by atoms with Gasteiger partial charge in [0.15, 0.2) is 0 Å². The van der Waals surface area contributed by atoms with Gasteiger partial charge in [-0.3, -0.25) is 9.59 Å². The van der Waals surface area contributed by atoms with Crippen LogP contribution in [0.5, 0.6) is 0 Å². The molecule has 30 heavy (non-hydrogen) atoms. The first kappa shape index (κ1) is 23.5. The van der Waals surface area contributed by atoms with Crippen LogP contribution in [0.2, 0.25) is 0 Å². The maximum absolute atomic E-state index is 12.6. The minimum atomic E-state index is -3.68. The van der Waals surface area contributed by atoms with Crippen LogP contribution >= 0.6 is 0 Å². The van der Waals surface area contributed by atoms with Crippen molar-refractivity contribution in [3.8, 4) is 0 Å². The smallest absolute Gasteiger partial charge is 0.255 e. The van der Waals surface area contributed by atoms with Crippen LogP contribution in [0.15, 0.2) is 53.4 Å². The van der Waals surface area contributed by atoms with Crippen LogP contribution in [0.4, 0.5) is 5.69 Å². The lowest BCUT2D eigenvalue weighted by atomic mass is 10.1. The summed E-state index contributed by atoms with van der Waals surface area (Å²) < 4.78 is 31.6. The van der Waals surface area contributed by atoms with Gasteiger partial charge in [0.1, 0.15) is 0 Å². The van der Waals surface area contributed by atoms with E-state index in [1.54, 1.807) is 24.3 Å². The molecule has 2 rings (SSSR count). The topological polar surface area (TPSA) is 114 Å². The van der Waals surface area contributed by atoms with Crippen molar-refractivity contribution in [2.24, 2.45) is 0 Å². The summed E-state index contributed by atoms with van der Waals surface area (Å²) in [5.74, 6) is -0.760. The van der Waals surface area contributed by atoms with Crippen molar-refractivity contribution in [2.75, 3.05) is 25.6 Å². The number of hydrogen-bond acceptors (Lipinski definition) is 5. The quantitative estimate of drug-likeness (QED) is 0.553. The summed E-state index contributed by atoms with van der Waals surface area (Å²) in [6, 6.07) is 12.2. The predicted molar refractivity (Wildman–Crippen MR) is 115 cm³/mol. The molecule has 0 bridgehead atoms. The standard InChI is InChI=1S/C21H27N3O5S/c1-21(2,3)24-20(26)17-7-5-6-8-18(17)23-19(25)15-9-11-16(12-10-15)30(27,28)22-13-14-29-4/h5-12,22H,13-14H2,1-4H3,(H,23,25)(H,24,26). The minimum Gasteiger partial charge on any atom is -0.383 e. The van der Waals surface area contributed by atoms with Crippen molar-refractivity contribution in [1.82, 2.24) is 10.0 Å². The molecule has 0 aliphatic rings. The van der Waals surface area contributed by atoms with Gasteiger partial charge in [-0.1, -0.05) is 12.1 Å². The first-order valence-corrected chi connectivity index (χ1v) is 10.8. The SMILES string of the molecule is COCCNS(=O)(=O)c1ccc(C(=O)Nc2ccccc2C(=O)NC(C)(C)C)cc1. The Balaban J connectivity index is 2.15. The zero-order chi connectivity index (χ0) is 22.4. The first-order chi connectivity index (χ1) is 14.0. The van der Waals surface area contributed by atoms with Crippen molar-refractivity contribution in [3.05, 3.63) is 59.7 Å². The highest BCUT2D eigenvalue weighted by molar-refractivity contribution is 7.89. The molecular formula is C21H27N3O5S. The number of carbonyl (C=O) groups excluding carboxylic acids is 2. The summed E-state index contributed by atoms with van der Waals surface area (Å²) in [6.45, 7) is 6.00. The van der Waals surface area contributed by atoms with Crippen LogP contribution < -0.4 is 15.4 Å². The Hall–Kier alpha value is -2.75. The maximum Gasteiger partial charge on any atom is 0.255 e. The minimum absolute atomic E-state index is 0.0418. The van der Waals surface area contributed by atoms with Gasteiger partial charge < -0.3 is 15.4 Å². The third kappa shape index (κ3) is 6.65. The lowest BCUT2D eigenvalue weighted by Gasteiger charge is -2.21. The van der Waals surface area contributed by atoms with Crippen LogP contribution in [0.25, 0.3) is 0 Å². The van der Waals surface area contributed by atoms with E-state index in [1.807, 2.05) is 20.8 Å². The number of amides is 2. The van der Waals surface area contributed by atoms with Gasteiger partial charge in [-0.15, -0.1) is 0 Å². The number of methoxy groups -OCH3 is 1. The van der Waals surface area contributed by atoms with Crippen LogP contribution in [0, 0.1) is 0 Å². The largest absolute Gasteiger partial charge is 0.383 e. The highest BCUT2D eigenvalue weighted by Crippen LogP contribution is 2.18. The number of benzene rings is 2. The molecule has 0 fully saturated rings.